The molecule has 1 aromatic carbocycles. The molecule has 0 spiro atoms. The van der Waals surface area contributed by atoms with Crippen molar-refractivity contribution >= 4 is 5.69 Å². The van der Waals surface area contributed by atoms with Gasteiger partial charge in [0, 0.05) is 6.07 Å². The van der Waals surface area contributed by atoms with Crippen molar-refractivity contribution in [3.8, 4) is 11.5 Å². The zero-order valence-corrected chi connectivity index (χ0v) is 12.3. The quantitative estimate of drug-likeness (QED) is 0.670. The fourth-order valence-corrected chi connectivity index (χ4v) is 2.18. The van der Waals surface area contributed by atoms with Crippen LogP contribution in [0.15, 0.2) is 22.7 Å². The van der Waals surface area contributed by atoms with E-state index in [4.69, 9.17) is 10.3 Å². The Morgan fingerprint density at radius 3 is 2.62 bits per heavy atom. The number of nitro benzene ring substituents is 1. The first kappa shape index (κ1) is 15.1. The lowest BCUT2D eigenvalue weighted by atomic mass is 9.93. The number of nitrogens with zero attached hydrogens (tertiary/aromatic N) is 3. The highest BCUT2D eigenvalue weighted by molar-refractivity contribution is 5.70. The normalized spacial score (nSPS) is 11.6. The Kier molecular flexibility index (Phi) is 4.04. The Hall–Kier alpha value is -2.28. The Balaban J connectivity index is 2.55. The second-order valence-electron chi connectivity index (χ2n) is 5.01. The van der Waals surface area contributed by atoms with E-state index in [1.807, 2.05) is 13.8 Å². The fourth-order valence-electron chi connectivity index (χ4n) is 2.18. The molecule has 112 valence electrons. The molecule has 2 N–H and O–H groups in total. The van der Waals surface area contributed by atoms with Crippen LogP contribution in [0.2, 0.25) is 0 Å². The van der Waals surface area contributed by atoms with E-state index >= 15 is 0 Å². The maximum Gasteiger partial charge on any atom is 0.282 e. The van der Waals surface area contributed by atoms with Crippen LogP contribution in [-0.2, 0) is 5.54 Å². The summed E-state index contributed by atoms with van der Waals surface area (Å²) in [6, 6.07) is 4.81. The van der Waals surface area contributed by atoms with Crippen molar-refractivity contribution in [1.29, 1.82) is 0 Å². The number of aromatic nitrogens is 2. The van der Waals surface area contributed by atoms with Gasteiger partial charge >= 0.3 is 0 Å². The van der Waals surface area contributed by atoms with Crippen LogP contribution in [0.3, 0.4) is 0 Å². The van der Waals surface area contributed by atoms with E-state index in [9.17, 15) is 10.1 Å². The SMILES string of the molecule is CCC(N)(CC)c1noc(-c2c(C)cccc2[N+](=O)[O-])n1. The van der Waals surface area contributed by atoms with E-state index in [1.54, 1.807) is 19.1 Å². The molecular weight excluding hydrogens is 272 g/mol. The number of rotatable bonds is 5. The van der Waals surface area contributed by atoms with Gasteiger partial charge in [0.2, 0.25) is 0 Å². The average molecular weight is 290 g/mol. The molecule has 21 heavy (non-hydrogen) atoms. The third-order valence-electron chi connectivity index (χ3n) is 3.79. The summed E-state index contributed by atoms with van der Waals surface area (Å²) in [6.45, 7) is 5.65. The second kappa shape index (κ2) is 5.61. The molecule has 0 aliphatic heterocycles. The third kappa shape index (κ3) is 2.64. The van der Waals surface area contributed by atoms with Crippen molar-refractivity contribution in [3.63, 3.8) is 0 Å². The zero-order chi connectivity index (χ0) is 15.6. The Morgan fingerprint density at radius 2 is 2.05 bits per heavy atom. The predicted molar refractivity (Wildman–Crippen MR) is 77.6 cm³/mol. The molecule has 1 aromatic heterocycles. The molecule has 0 amide bonds. The van der Waals surface area contributed by atoms with Crippen molar-refractivity contribution < 1.29 is 9.45 Å². The number of aryl methyl sites for hydroxylation is 1. The maximum absolute atomic E-state index is 11.2. The summed E-state index contributed by atoms with van der Waals surface area (Å²) in [5.41, 5.74) is 6.54. The summed E-state index contributed by atoms with van der Waals surface area (Å²) >= 11 is 0. The highest BCUT2D eigenvalue weighted by Gasteiger charge is 2.31. The van der Waals surface area contributed by atoms with Gasteiger partial charge in [-0.2, -0.15) is 4.98 Å². The van der Waals surface area contributed by atoms with Gasteiger partial charge in [-0.3, -0.25) is 10.1 Å². The van der Waals surface area contributed by atoms with Crippen LogP contribution in [-0.4, -0.2) is 15.1 Å². The molecule has 7 nitrogen and oxygen atoms in total. The Bertz CT molecular complexity index is 662. The monoisotopic (exact) mass is 290 g/mol. The summed E-state index contributed by atoms with van der Waals surface area (Å²) in [5, 5.41) is 15.1. The summed E-state index contributed by atoms with van der Waals surface area (Å²) in [7, 11) is 0. The van der Waals surface area contributed by atoms with Crippen LogP contribution >= 0.6 is 0 Å². The van der Waals surface area contributed by atoms with Crippen molar-refractivity contribution in [1.82, 2.24) is 10.1 Å². The minimum absolute atomic E-state index is 0.0548. The summed E-state index contributed by atoms with van der Waals surface area (Å²) < 4.78 is 5.23. The number of hydrogen-bond donors (Lipinski definition) is 1. The average Bonchev–Trinajstić information content (AvgIpc) is 2.96. The molecule has 2 aromatic rings. The highest BCUT2D eigenvalue weighted by atomic mass is 16.6. The third-order valence-corrected chi connectivity index (χ3v) is 3.79. The molecule has 0 atom stereocenters. The smallest absolute Gasteiger partial charge is 0.282 e. The number of nitrogens with two attached hydrogens (primary N) is 1. The van der Waals surface area contributed by atoms with Gasteiger partial charge in [0.05, 0.1) is 10.5 Å². The van der Waals surface area contributed by atoms with Crippen molar-refractivity contribution in [3.05, 3.63) is 39.7 Å². The van der Waals surface area contributed by atoms with Crippen LogP contribution in [0.25, 0.3) is 11.5 Å². The van der Waals surface area contributed by atoms with Gasteiger partial charge in [-0.05, 0) is 25.3 Å². The molecule has 0 saturated heterocycles. The Labute approximate surface area is 122 Å². The first-order valence-corrected chi connectivity index (χ1v) is 6.80. The molecule has 0 aliphatic carbocycles. The van der Waals surface area contributed by atoms with E-state index in [0.717, 1.165) is 0 Å². The van der Waals surface area contributed by atoms with E-state index in [2.05, 4.69) is 10.1 Å². The number of benzene rings is 1. The minimum atomic E-state index is -0.681. The maximum atomic E-state index is 11.2. The lowest BCUT2D eigenvalue weighted by molar-refractivity contribution is -0.384. The van der Waals surface area contributed by atoms with E-state index < -0.39 is 10.5 Å². The molecule has 1 heterocycles. The molecular formula is C14H18N4O3. The van der Waals surface area contributed by atoms with Crippen LogP contribution < -0.4 is 5.73 Å². The molecule has 2 rings (SSSR count). The zero-order valence-electron chi connectivity index (χ0n) is 12.3. The highest BCUT2D eigenvalue weighted by Crippen LogP contribution is 2.33. The fraction of sp³-hybridized carbons (Fsp3) is 0.429. The predicted octanol–water partition coefficient (Wildman–Crippen LogP) is 2.93. The molecule has 0 fully saturated rings. The van der Waals surface area contributed by atoms with E-state index in [0.29, 0.717) is 29.8 Å². The van der Waals surface area contributed by atoms with Crippen LogP contribution in [0, 0.1) is 17.0 Å². The van der Waals surface area contributed by atoms with Crippen molar-refractivity contribution in [2.75, 3.05) is 0 Å². The lowest BCUT2D eigenvalue weighted by Gasteiger charge is -2.21. The molecule has 0 aliphatic rings. The molecule has 0 saturated carbocycles. The standard InChI is InChI=1S/C14H18N4O3/c1-4-14(15,5-2)13-16-12(21-17-13)11-9(3)7-6-8-10(11)18(19)20/h6-8H,4-5,15H2,1-3H3. The molecule has 7 heteroatoms. The molecule has 0 bridgehead atoms. The van der Waals surface area contributed by atoms with Gasteiger partial charge in [0.25, 0.3) is 11.6 Å². The second-order valence-corrected chi connectivity index (χ2v) is 5.01. The van der Waals surface area contributed by atoms with Crippen molar-refractivity contribution in [2.45, 2.75) is 39.2 Å². The number of nitro groups is 1. The summed E-state index contributed by atoms with van der Waals surface area (Å²) in [6.07, 6.45) is 1.30. The van der Waals surface area contributed by atoms with Gasteiger partial charge in [-0.25, -0.2) is 0 Å². The van der Waals surface area contributed by atoms with Crippen LogP contribution in [0.4, 0.5) is 5.69 Å². The number of hydrogen-bond acceptors (Lipinski definition) is 6. The van der Waals surface area contributed by atoms with Gasteiger partial charge in [0.1, 0.15) is 5.56 Å². The summed E-state index contributed by atoms with van der Waals surface area (Å²) in [5.74, 6) is 0.506. The first-order chi connectivity index (χ1) is 9.92. The van der Waals surface area contributed by atoms with Gasteiger partial charge in [0.15, 0.2) is 5.82 Å². The largest absolute Gasteiger partial charge is 0.334 e. The molecule has 0 radical (unpaired) electrons. The summed E-state index contributed by atoms with van der Waals surface area (Å²) in [4.78, 5) is 15.0. The van der Waals surface area contributed by atoms with Crippen LogP contribution in [0.5, 0.6) is 0 Å². The lowest BCUT2D eigenvalue weighted by Crippen LogP contribution is -2.36. The van der Waals surface area contributed by atoms with Crippen molar-refractivity contribution in [2.24, 2.45) is 5.73 Å². The van der Waals surface area contributed by atoms with E-state index in [1.165, 1.54) is 6.07 Å². The molecule has 0 unspecified atom stereocenters. The van der Waals surface area contributed by atoms with E-state index in [-0.39, 0.29) is 11.6 Å². The van der Waals surface area contributed by atoms with Gasteiger partial charge in [-0.15, -0.1) is 0 Å². The van der Waals surface area contributed by atoms with Crippen LogP contribution in [0.1, 0.15) is 38.1 Å². The van der Waals surface area contributed by atoms with Gasteiger partial charge < -0.3 is 10.3 Å². The Morgan fingerprint density at radius 1 is 1.38 bits per heavy atom. The minimum Gasteiger partial charge on any atom is -0.334 e. The topological polar surface area (TPSA) is 108 Å². The first-order valence-electron chi connectivity index (χ1n) is 6.80. The van der Waals surface area contributed by atoms with Gasteiger partial charge in [-0.1, -0.05) is 31.1 Å².